The van der Waals surface area contributed by atoms with E-state index in [1.807, 2.05) is 36.6 Å². The van der Waals surface area contributed by atoms with Gasteiger partial charge in [-0.25, -0.2) is 4.98 Å². The molecule has 4 aromatic rings. The van der Waals surface area contributed by atoms with E-state index in [1.54, 1.807) is 37.7 Å². The second kappa shape index (κ2) is 8.97. The molecule has 0 saturated heterocycles. The van der Waals surface area contributed by atoms with Crippen LogP contribution in [0.5, 0.6) is 5.75 Å². The number of carbonyl (C=O) groups is 1. The highest BCUT2D eigenvalue weighted by Gasteiger charge is 2.17. The highest BCUT2D eigenvalue weighted by atomic mass is 16.5. The van der Waals surface area contributed by atoms with Crippen molar-refractivity contribution in [2.24, 2.45) is 0 Å². The summed E-state index contributed by atoms with van der Waals surface area (Å²) >= 11 is 0. The SMILES string of the molecule is COCCOc1cccc2oc(C(=O)Nc3cccc(-c4nncn4C(C)C)n3)cc12. The number of anilines is 1. The number of nitrogens with one attached hydrogen (secondary N) is 1. The van der Waals surface area contributed by atoms with Crippen LogP contribution in [-0.4, -0.2) is 46.0 Å². The molecular weight excluding hydrogens is 398 g/mol. The summed E-state index contributed by atoms with van der Waals surface area (Å²) in [6.45, 7) is 4.94. The van der Waals surface area contributed by atoms with E-state index in [9.17, 15) is 4.79 Å². The number of hydrogen-bond donors (Lipinski definition) is 1. The van der Waals surface area contributed by atoms with Crippen molar-refractivity contribution >= 4 is 22.7 Å². The van der Waals surface area contributed by atoms with Crippen LogP contribution in [0.4, 0.5) is 5.82 Å². The van der Waals surface area contributed by atoms with Gasteiger partial charge in [0.25, 0.3) is 5.91 Å². The molecule has 9 heteroatoms. The van der Waals surface area contributed by atoms with Crippen molar-refractivity contribution in [1.29, 1.82) is 0 Å². The average molecular weight is 421 g/mol. The fraction of sp³-hybridized carbons (Fsp3) is 0.273. The minimum absolute atomic E-state index is 0.162. The molecule has 0 saturated carbocycles. The van der Waals surface area contributed by atoms with E-state index >= 15 is 0 Å². The van der Waals surface area contributed by atoms with Gasteiger partial charge in [-0.3, -0.25) is 4.79 Å². The van der Waals surface area contributed by atoms with E-state index in [0.29, 0.717) is 41.9 Å². The first kappa shape index (κ1) is 20.5. The Kier molecular flexibility index (Phi) is 5.94. The van der Waals surface area contributed by atoms with Gasteiger partial charge < -0.3 is 23.8 Å². The first-order chi connectivity index (χ1) is 15.1. The average Bonchev–Trinajstić information content (AvgIpc) is 3.42. The fourth-order valence-corrected chi connectivity index (χ4v) is 3.12. The molecular formula is C22H23N5O4. The Labute approximate surface area is 179 Å². The summed E-state index contributed by atoms with van der Waals surface area (Å²) in [7, 11) is 1.61. The van der Waals surface area contributed by atoms with Crippen molar-refractivity contribution in [3.05, 3.63) is 54.6 Å². The number of fused-ring (bicyclic) bond motifs is 1. The van der Waals surface area contributed by atoms with Crippen molar-refractivity contribution in [3.8, 4) is 17.3 Å². The molecule has 0 fully saturated rings. The second-order valence-electron chi connectivity index (χ2n) is 7.14. The number of amides is 1. The first-order valence-corrected chi connectivity index (χ1v) is 9.89. The van der Waals surface area contributed by atoms with Gasteiger partial charge >= 0.3 is 0 Å². The van der Waals surface area contributed by atoms with E-state index < -0.39 is 5.91 Å². The molecule has 3 aromatic heterocycles. The van der Waals surface area contributed by atoms with E-state index in [0.717, 1.165) is 5.39 Å². The molecule has 31 heavy (non-hydrogen) atoms. The van der Waals surface area contributed by atoms with Crippen LogP contribution in [0.25, 0.3) is 22.5 Å². The van der Waals surface area contributed by atoms with Crippen LogP contribution in [0.3, 0.4) is 0 Å². The van der Waals surface area contributed by atoms with Crippen LogP contribution in [0.15, 0.2) is 53.2 Å². The van der Waals surface area contributed by atoms with Crippen molar-refractivity contribution in [2.75, 3.05) is 25.6 Å². The third-order valence-corrected chi connectivity index (χ3v) is 4.64. The summed E-state index contributed by atoms with van der Waals surface area (Å²) in [6.07, 6.45) is 1.66. The van der Waals surface area contributed by atoms with Crippen LogP contribution in [-0.2, 0) is 4.74 Å². The number of ether oxygens (including phenoxy) is 2. The third kappa shape index (κ3) is 4.41. The predicted octanol–water partition coefficient (Wildman–Crippen LogP) is 3.94. The monoisotopic (exact) mass is 421 g/mol. The summed E-state index contributed by atoms with van der Waals surface area (Å²) in [5.41, 5.74) is 1.18. The first-order valence-electron chi connectivity index (χ1n) is 9.89. The Balaban J connectivity index is 1.55. The largest absolute Gasteiger partial charge is 0.490 e. The van der Waals surface area contributed by atoms with Gasteiger partial charge in [0.05, 0.1) is 12.0 Å². The lowest BCUT2D eigenvalue weighted by Crippen LogP contribution is -2.12. The maximum atomic E-state index is 12.8. The van der Waals surface area contributed by atoms with Crippen molar-refractivity contribution in [1.82, 2.24) is 19.7 Å². The highest BCUT2D eigenvalue weighted by Crippen LogP contribution is 2.29. The minimum atomic E-state index is -0.408. The Hall–Kier alpha value is -3.72. The molecule has 0 bridgehead atoms. The van der Waals surface area contributed by atoms with Crippen molar-refractivity contribution in [3.63, 3.8) is 0 Å². The van der Waals surface area contributed by atoms with E-state index in [4.69, 9.17) is 13.9 Å². The lowest BCUT2D eigenvalue weighted by Gasteiger charge is -2.10. The molecule has 0 aliphatic heterocycles. The molecule has 3 heterocycles. The van der Waals surface area contributed by atoms with E-state index in [-0.39, 0.29) is 11.8 Å². The Morgan fingerprint density at radius 1 is 1.19 bits per heavy atom. The van der Waals surface area contributed by atoms with Crippen LogP contribution in [0.2, 0.25) is 0 Å². The summed E-state index contributed by atoms with van der Waals surface area (Å²) in [4.78, 5) is 17.3. The van der Waals surface area contributed by atoms with Crippen LogP contribution < -0.4 is 10.1 Å². The van der Waals surface area contributed by atoms with Gasteiger partial charge in [-0.05, 0) is 38.1 Å². The Bertz CT molecular complexity index is 1200. The van der Waals surface area contributed by atoms with Crippen LogP contribution in [0, 0.1) is 0 Å². The highest BCUT2D eigenvalue weighted by molar-refractivity contribution is 6.04. The Morgan fingerprint density at radius 3 is 2.84 bits per heavy atom. The second-order valence-corrected chi connectivity index (χ2v) is 7.14. The van der Waals surface area contributed by atoms with Gasteiger partial charge in [0, 0.05) is 19.2 Å². The lowest BCUT2D eigenvalue weighted by atomic mass is 10.2. The fourth-order valence-electron chi connectivity index (χ4n) is 3.12. The molecule has 4 rings (SSSR count). The smallest absolute Gasteiger partial charge is 0.292 e. The number of furan rings is 1. The number of rotatable bonds is 8. The molecule has 0 aliphatic rings. The normalized spacial score (nSPS) is 11.2. The number of aromatic nitrogens is 4. The summed E-state index contributed by atoms with van der Waals surface area (Å²) in [5.74, 6) is 1.40. The van der Waals surface area contributed by atoms with E-state index in [1.165, 1.54) is 0 Å². The summed E-state index contributed by atoms with van der Waals surface area (Å²) < 4.78 is 18.4. The topological polar surface area (TPSA) is 104 Å². The van der Waals surface area contributed by atoms with Gasteiger partial charge in [-0.1, -0.05) is 12.1 Å². The zero-order valence-electron chi connectivity index (χ0n) is 17.5. The van der Waals surface area contributed by atoms with Crippen molar-refractivity contribution in [2.45, 2.75) is 19.9 Å². The summed E-state index contributed by atoms with van der Waals surface area (Å²) in [6, 6.07) is 12.6. The quantitative estimate of drug-likeness (QED) is 0.430. The molecule has 1 N–H and O–H groups in total. The maximum Gasteiger partial charge on any atom is 0.292 e. The number of nitrogens with zero attached hydrogens (tertiary/aromatic N) is 4. The predicted molar refractivity (Wildman–Crippen MR) is 115 cm³/mol. The number of pyridine rings is 1. The molecule has 1 aromatic carbocycles. The molecule has 0 unspecified atom stereocenters. The number of hydrogen-bond acceptors (Lipinski definition) is 7. The lowest BCUT2D eigenvalue weighted by molar-refractivity contribution is 0.0998. The van der Waals surface area contributed by atoms with Gasteiger partial charge in [0.15, 0.2) is 11.6 Å². The zero-order valence-corrected chi connectivity index (χ0v) is 17.5. The molecule has 1 amide bonds. The molecule has 160 valence electrons. The number of methoxy groups -OCH3 is 1. The zero-order chi connectivity index (χ0) is 21.8. The van der Waals surface area contributed by atoms with Gasteiger partial charge in [0.1, 0.15) is 35.8 Å². The number of benzene rings is 1. The third-order valence-electron chi connectivity index (χ3n) is 4.64. The molecule has 0 atom stereocenters. The summed E-state index contributed by atoms with van der Waals surface area (Å²) in [5, 5.41) is 11.6. The molecule has 0 radical (unpaired) electrons. The van der Waals surface area contributed by atoms with Crippen LogP contribution in [0.1, 0.15) is 30.4 Å². The van der Waals surface area contributed by atoms with E-state index in [2.05, 4.69) is 20.5 Å². The van der Waals surface area contributed by atoms with Gasteiger partial charge in [0.2, 0.25) is 0 Å². The van der Waals surface area contributed by atoms with Gasteiger partial charge in [-0.15, -0.1) is 10.2 Å². The molecule has 9 nitrogen and oxygen atoms in total. The maximum absolute atomic E-state index is 12.8. The molecule has 0 aliphatic carbocycles. The minimum Gasteiger partial charge on any atom is -0.490 e. The molecule has 0 spiro atoms. The van der Waals surface area contributed by atoms with Gasteiger partial charge in [-0.2, -0.15) is 0 Å². The van der Waals surface area contributed by atoms with Crippen molar-refractivity contribution < 1.29 is 18.7 Å². The Morgan fingerprint density at radius 2 is 2.03 bits per heavy atom. The van der Waals surface area contributed by atoms with Crippen LogP contribution >= 0.6 is 0 Å². The number of carbonyl (C=O) groups excluding carboxylic acids is 1. The standard InChI is InChI=1S/C22H23N5O4/c1-14(2)27-13-23-26-21(27)16-6-4-9-20(24-16)25-22(28)19-12-15-17(30-11-10-29-3)7-5-8-18(15)31-19/h4-9,12-14H,10-11H2,1-3H3,(H,24,25,28).